The maximum Gasteiger partial charge on any atom is 0.257 e. The van der Waals surface area contributed by atoms with Gasteiger partial charge in [0.15, 0.2) is 5.96 Å². The number of fused-ring (bicyclic) bond motifs is 1. The molecule has 0 atom stereocenters. The van der Waals surface area contributed by atoms with Crippen molar-refractivity contribution in [2.24, 2.45) is 22.2 Å². The lowest BCUT2D eigenvalue weighted by atomic mass is 10.0. The number of hydrogen-bond acceptors (Lipinski definition) is 3. The lowest BCUT2D eigenvalue weighted by Crippen LogP contribution is -2.22. The van der Waals surface area contributed by atoms with Crippen molar-refractivity contribution in [3.05, 3.63) is 71.8 Å². The fourth-order valence-electron chi connectivity index (χ4n) is 2.73. The van der Waals surface area contributed by atoms with Gasteiger partial charge >= 0.3 is 0 Å². The lowest BCUT2D eigenvalue weighted by Gasteiger charge is -2.12. The molecular formula is C19H18N6O. The average Bonchev–Trinajstić information content (AvgIpc) is 2.61. The number of hydrogen-bond donors (Lipinski definition) is 5. The van der Waals surface area contributed by atoms with Gasteiger partial charge in [0.1, 0.15) is 5.84 Å². The molecular weight excluding hydrogens is 328 g/mol. The Bertz CT molecular complexity index is 1040. The van der Waals surface area contributed by atoms with Crippen molar-refractivity contribution in [3.8, 4) is 0 Å². The fraction of sp³-hybridized carbons (Fsp3) is 0. The highest BCUT2D eigenvalue weighted by molar-refractivity contribution is 6.15. The van der Waals surface area contributed by atoms with Gasteiger partial charge in [-0.3, -0.25) is 10.2 Å². The molecule has 0 saturated carbocycles. The highest BCUT2D eigenvalue weighted by Crippen LogP contribution is 2.28. The van der Waals surface area contributed by atoms with Crippen molar-refractivity contribution in [2.75, 3.05) is 5.32 Å². The summed E-state index contributed by atoms with van der Waals surface area (Å²) in [6.45, 7) is 0. The molecule has 0 aliphatic carbocycles. The van der Waals surface area contributed by atoms with Gasteiger partial charge in [0.2, 0.25) is 0 Å². The van der Waals surface area contributed by atoms with E-state index in [0.717, 1.165) is 10.8 Å². The number of nitrogens with two attached hydrogens (primary N) is 3. The number of nitrogens with zero attached hydrogens (tertiary/aromatic N) is 1. The van der Waals surface area contributed by atoms with Gasteiger partial charge in [-0.25, -0.2) is 4.99 Å². The number of guanidine groups is 1. The molecule has 0 bridgehead atoms. The number of amides is 1. The predicted octanol–water partition coefficient (Wildman–Crippen LogP) is 2.28. The molecule has 0 fully saturated rings. The van der Waals surface area contributed by atoms with Crippen molar-refractivity contribution >= 4 is 39.8 Å². The molecule has 7 heteroatoms. The monoisotopic (exact) mass is 346 g/mol. The minimum Gasteiger partial charge on any atom is -0.384 e. The van der Waals surface area contributed by atoms with Crippen LogP contribution in [-0.2, 0) is 0 Å². The van der Waals surface area contributed by atoms with Crippen LogP contribution in [0.3, 0.4) is 0 Å². The third-order valence-corrected chi connectivity index (χ3v) is 3.86. The van der Waals surface area contributed by atoms with Crippen LogP contribution in [0.15, 0.2) is 65.7 Å². The first-order chi connectivity index (χ1) is 12.5. The molecule has 3 aromatic rings. The molecule has 1 amide bonds. The Kier molecular flexibility index (Phi) is 4.53. The van der Waals surface area contributed by atoms with E-state index in [1.807, 2.05) is 24.3 Å². The van der Waals surface area contributed by atoms with Crippen LogP contribution in [0, 0.1) is 5.41 Å². The number of para-hydroxylation sites is 1. The number of carbonyl (C=O) groups excluding carboxylic acids is 1. The van der Waals surface area contributed by atoms with Gasteiger partial charge in [0, 0.05) is 16.6 Å². The van der Waals surface area contributed by atoms with Gasteiger partial charge in [0.25, 0.3) is 5.91 Å². The van der Waals surface area contributed by atoms with E-state index < -0.39 is 0 Å². The number of aliphatic imine (C=N–C) groups is 1. The Morgan fingerprint density at radius 1 is 0.846 bits per heavy atom. The van der Waals surface area contributed by atoms with Crippen LogP contribution in [0.25, 0.3) is 10.8 Å². The van der Waals surface area contributed by atoms with Gasteiger partial charge in [-0.15, -0.1) is 0 Å². The maximum atomic E-state index is 12.7. The molecule has 0 radical (unpaired) electrons. The van der Waals surface area contributed by atoms with Gasteiger partial charge in [0.05, 0.1) is 11.3 Å². The van der Waals surface area contributed by atoms with E-state index in [2.05, 4.69) is 10.3 Å². The quantitative estimate of drug-likeness (QED) is 0.364. The first kappa shape index (κ1) is 17.0. The van der Waals surface area contributed by atoms with Crippen molar-refractivity contribution in [3.63, 3.8) is 0 Å². The van der Waals surface area contributed by atoms with Crippen molar-refractivity contribution in [1.82, 2.24) is 0 Å². The molecule has 0 aliphatic heterocycles. The minimum atomic E-state index is -0.341. The molecule has 0 aliphatic rings. The first-order valence-electron chi connectivity index (χ1n) is 7.83. The van der Waals surface area contributed by atoms with Crippen LogP contribution in [0.2, 0.25) is 0 Å². The van der Waals surface area contributed by atoms with Crippen LogP contribution in [0.1, 0.15) is 15.9 Å². The summed E-state index contributed by atoms with van der Waals surface area (Å²) < 4.78 is 0. The Hall–Kier alpha value is -3.87. The zero-order valence-electron chi connectivity index (χ0n) is 13.9. The van der Waals surface area contributed by atoms with Crippen LogP contribution in [0.5, 0.6) is 0 Å². The summed E-state index contributed by atoms with van der Waals surface area (Å²) in [5.74, 6) is -0.495. The SMILES string of the molecule is N=C(N)c1ccc(NC(=O)c2ccccc2N=C(N)N)c2ccccc12. The largest absolute Gasteiger partial charge is 0.384 e. The second kappa shape index (κ2) is 6.94. The number of carbonyl (C=O) groups is 1. The molecule has 3 aromatic carbocycles. The average molecular weight is 346 g/mol. The fourth-order valence-corrected chi connectivity index (χ4v) is 2.73. The number of amidine groups is 1. The zero-order valence-corrected chi connectivity index (χ0v) is 13.9. The summed E-state index contributed by atoms with van der Waals surface area (Å²) in [4.78, 5) is 16.7. The highest BCUT2D eigenvalue weighted by Gasteiger charge is 2.14. The van der Waals surface area contributed by atoms with E-state index in [1.165, 1.54) is 0 Å². The standard InChI is InChI=1S/C19H18N6O/c20-17(21)13-9-10-16(12-6-2-1-5-11(12)13)24-18(26)14-7-3-4-8-15(14)25-19(22)23/h1-10H,(H3,20,21)(H,24,26)(H4,22,23,25). The summed E-state index contributed by atoms with van der Waals surface area (Å²) in [7, 11) is 0. The minimum absolute atomic E-state index is 0.0304. The van der Waals surface area contributed by atoms with E-state index in [9.17, 15) is 4.79 Å². The van der Waals surface area contributed by atoms with Crippen LogP contribution in [0.4, 0.5) is 11.4 Å². The van der Waals surface area contributed by atoms with E-state index in [0.29, 0.717) is 22.5 Å². The van der Waals surface area contributed by atoms with E-state index >= 15 is 0 Å². The molecule has 0 saturated heterocycles. The number of rotatable bonds is 4. The Morgan fingerprint density at radius 2 is 1.50 bits per heavy atom. The molecule has 26 heavy (non-hydrogen) atoms. The normalized spacial score (nSPS) is 10.3. The van der Waals surface area contributed by atoms with Crippen molar-refractivity contribution < 1.29 is 4.79 Å². The summed E-state index contributed by atoms with van der Waals surface area (Å²) in [5.41, 5.74) is 18.5. The summed E-state index contributed by atoms with van der Waals surface area (Å²) in [5, 5.41) is 12.2. The molecule has 3 rings (SSSR count). The van der Waals surface area contributed by atoms with Crippen molar-refractivity contribution in [1.29, 1.82) is 5.41 Å². The topological polar surface area (TPSA) is 143 Å². The Labute approximate surface area is 150 Å². The predicted molar refractivity (Wildman–Crippen MR) is 105 cm³/mol. The maximum absolute atomic E-state index is 12.7. The van der Waals surface area contributed by atoms with Crippen molar-refractivity contribution in [2.45, 2.75) is 0 Å². The van der Waals surface area contributed by atoms with E-state index in [4.69, 9.17) is 22.6 Å². The summed E-state index contributed by atoms with van der Waals surface area (Å²) in [6, 6.07) is 17.6. The van der Waals surface area contributed by atoms with E-state index in [-0.39, 0.29) is 17.7 Å². The Balaban J connectivity index is 2.03. The lowest BCUT2D eigenvalue weighted by molar-refractivity contribution is 0.102. The second-order valence-corrected chi connectivity index (χ2v) is 5.63. The zero-order chi connectivity index (χ0) is 18.7. The molecule has 7 nitrogen and oxygen atoms in total. The van der Waals surface area contributed by atoms with Crippen LogP contribution < -0.4 is 22.5 Å². The van der Waals surface area contributed by atoms with Crippen LogP contribution in [-0.4, -0.2) is 17.7 Å². The molecule has 8 N–H and O–H groups in total. The first-order valence-corrected chi connectivity index (χ1v) is 7.83. The summed E-state index contributed by atoms with van der Waals surface area (Å²) in [6.07, 6.45) is 0. The molecule has 0 aromatic heterocycles. The smallest absolute Gasteiger partial charge is 0.257 e. The van der Waals surface area contributed by atoms with Crippen LogP contribution >= 0.6 is 0 Å². The number of nitrogens with one attached hydrogen (secondary N) is 2. The van der Waals surface area contributed by atoms with E-state index in [1.54, 1.807) is 36.4 Å². The highest BCUT2D eigenvalue weighted by atomic mass is 16.1. The second-order valence-electron chi connectivity index (χ2n) is 5.63. The number of benzene rings is 3. The molecule has 0 spiro atoms. The van der Waals surface area contributed by atoms with Gasteiger partial charge in [-0.1, -0.05) is 36.4 Å². The number of anilines is 1. The third kappa shape index (κ3) is 3.32. The summed E-state index contributed by atoms with van der Waals surface area (Å²) >= 11 is 0. The molecule has 0 unspecified atom stereocenters. The third-order valence-electron chi connectivity index (χ3n) is 3.86. The molecule has 0 heterocycles. The number of nitrogen functional groups attached to an aromatic ring is 1. The van der Waals surface area contributed by atoms with Gasteiger partial charge < -0.3 is 22.5 Å². The van der Waals surface area contributed by atoms with Gasteiger partial charge in [-0.05, 0) is 29.7 Å². The Morgan fingerprint density at radius 3 is 2.19 bits per heavy atom. The molecule has 130 valence electrons. The van der Waals surface area contributed by atoms with Gasteiger partial charge in [-0.2, -0.15) is 0 Å².